The van der Waals surface area contributed by atoms with E-state index in [1.807, 2.05) is 0 Å². The number of nitrogens with one attached hydrogen (secondary N) is 2. The van der Waals surface area contributed by atoms with E-state index in [0.717, 1.165) is 22.6 Å². The molecule has 1 rings (SSSR count). The first-order valence-electron chi connectivity index (χ1n) is 10.7. The average molecular weight is 405 g/mol. The summed E-state index contributed by atoms with van der Waals surface area (Å²) in [6.07, 6.45) is 2.81. The number of allylic oxidation sites excluding steroid dienone is 2. The number of ether oxygens (including phenoxy) is 1. The highest BCUT2D eigenvalue weighted by molar-refractivity contribution is 5.60. The maximum atomic E-state index is 9.62. The van der Waals surface area contributed by atoms with Gasteiger partial charge < -0.3 is 20.5 Å². The third-order valence-electron chi connectivity index (χ3n) is 5.41. The molecule has 0 heterocycles. The molecule has 0 atom stereocenters. The van der Waals surface area contributed by atoms with Crippen molar-refractivity contribution in [3.05, 3.63) is 35.0 Å². The summed E-state index contributed by atoms with van der Waals surface area (Å²) >= 11 is 0. The second-order valence-electron chi connectivity index (χ2n) is 10.5. The van der Waals surface area contributed by atoms with Crippen LogP contribution in [-0.2, 0) is 10.8 Å². The Morgan fingerprint density at radius 1 is 1.07 bits per heavy atom. The van der Waals surface area contributed by atoms with Crippen LogP contribution in [0.5, 0.6) is 5.75 Å². The molecule has 0 aliphatic carbocycles. The van der Waals surface area contributed by atoms with E-state index in [-0.39, 0.29) is 23.1 Å². The molecule has 0 spiro atoms. The maximum absolute atomic E-state index is 9.62. The molecule has 0 amide bonds. The van der Waals surface area contributed by atoms with Gasteiger partial charge in [-0.1, -0.05) is 54.5 Å². The molecular formula is C25H44N2O2. The summed E-state index contributed by atoms with van der Waals surface area (Å²) in [6.45, 7) is 21.8. The Morgan fingerprint density at radius 2 is 1.62 bits per heavy atom. The van der Waals surface area contributed by atoms with E-state index in [1.54, 1.807) is 7.11 Å². The van der Waals surface area contributed by atoms with Gasteiger partial charge in [0, 0.05) is 29.1 Å². The monoisotopic (exact) mass is 404 g/mol. The van der Waals surface area contributed by atoms with Crippen molar-refractivity contribution in [2.45, 2.75) is 92.2 Å². The van der Waals surface area contributed by atoms with Gasteiger partial charge in [0.25, 0.3) is 0 Å². The summed E-state index contributed by atoms with van der Waals surface area (Å²) in [5.41, 5.74) is 3.95. The largest absolute Gasteiger partial charge is 0.496 e. The summed E-state index contributed by atoms with van der Waals surface area (Å²) in [6, 6.07) is 4.38. The normalized spacial score (nSPS) is 13.6. The number of hydrogen-bond acceptors (Lipinski definition) is 4. The SMILES string of the molecule is C/C=C(/NC(C)(C)Nc1cc(C(C)(C)C)c(OC)c(C(C)(C)CCO)c1)C(C)C. The molecule has 3 N–H and O–H groups in total. The summed E-state index contributed by atoms with van der Waals surface area (Å²) in [4.78, 5) is 0. The molecule has 0 saturated carbocycles. The Morgan fingerprint density at radius 3 is 2.03 bits per heavy atom. The van der Waals surface area contributed by atoms with E-state index in [4.69, 9.17) is 4.74 Å². The smallest absolute Gasteiger partial charge is 0.126 e. The topological polar surface area (TPSA) is 53.5 Å². The fourth-order valence-electron chi connectivity index (χ4n) is 3.70. The van der Waals surface area contributed by atoms with Crippen LogP contribution in [0.15, 0.2) is 23.9 Å². The van der Waals surface area contributed by atoms with E-state index in [9.17, 15) is 5.11 Å². The number of hydrogen-bond donors (Lipinski definition) is 3. The van der Waals surface area contributed by atoms with Crippen LogP contribution in [-0.4, -0.2) is 24.5 Å². The molecule has 1 aromatic carbocycles. The second-order valence-corrected chi connectivity index (χ2v) is 10.5. The number of benzene rings is 1. The van der Waals surface area contributed by atoms with Crippen LogP contribution in [0.2, 0.25) is 0 Å². The van der Waals surface area contributed by atoms with Crippen molar-refractivity contribution in [3.8, 4) is 5.75 Å². The number of methoxy groups -OCH3 is 1. The Kier molecular flexibility index (Phi) is 8.24. The fourth-order valence-corrected chi connectivity index (χ4v) is 3.70. The van der Waals surface area contributed by atoms with E-state index in [0.29, 0.717) is 12.3 Å². The van der Waals surface area contributed by atoms with Crippen molar-refractivity contribution < 1.29 is 9.84 Å². The minimum Gasteiger partial charge on any atom is -0.496 e. The molecule has 166 valence electrons. The summed E-state index contributed by atoms with van der Waals surface area (Å²) in [7, 11) is 1.74. The zero-order chi connectivity index (χ0) is 22.6. The van der Waals surface area contributed by atoms with Crippen molar-refractivity contribution in [1.82, 2.24) is 5.32 Å². The number of aliphatic hydroxyl groups excluding tert-OH is 1. The van der Waals surface area contributed by atoms with Crippen LogP contribution in [0, 0.1) is 5.92 Å². The summed E-state index contributed by atoms with van der Waals surface area (Å²) in [5, 5.41) is 16.9. The molecule has 4 nitrogen and oxygen atoms in total. The molecule has 0 aromatic heterocycles. The Balaban J connectivity index is 3.52. The highest BCUT2D eigenvalue weighted by atomic mass is 16.5. The maximum Gasteiger partial charge on any atom is 0.126 e. The molecule has 0 bridgehead atoms. The van der Waals surface area contributed by atoms with Gasteiger partial charge in [0.05, 0.1) is 7.11 Å². The van der Waals surface area contributed by atoms with Gasteiger partial charge >= 0.3 is 0 Å². The van der Waals surface area contributed by atoms with Crippen LogP contribution in [0.1, 0.15) is 86.8 Å². The minimum absolute atomic E-state index is 0.0724. The first-order chi connectivity index (χ1) is 13.2. The molecule has 1 aromatic rings. The zero-order valence-electron chi connectivity index (χ0n) is 20.6. The van der Waals surface area contributed by atoms with E-state index in [1.165, 1.54) is 5.70 Å². The van der Waals surface area contributed by atoms with Gasteiger partial charge in [-0.05, 0) is 56.1 Å². The first-order valence-corrected chi connectivity index (χ1v) is 10.7. The highest BCUT2D eigenvalue weighted by Gasteiger charge is 2.31. The lowest BCUT2D eigenvalue weighted by Crippen LogP contribution is -2.46. The van der Waals surface area contributed by atoms with Crippen molar-refractivity contribution in [1.29, 1.82) is 0 Å². The molecular weight excluding hydrogens is 360 g/mol. The predicted octanol–water partition coefficient (Wildman–Crippen LogP) is 5.95. The lowest BCUT2D eigenvalue weighted by Gasteiger charge is -2.36. The molecule has 0 aliphatic rings. The van der Waals surface area contributed by atoms with Gasteiger partial charge in [-0.15, -0.1) is 0 Å². The van der Waals surface area contributed by atoms with E-state index >= 15 is 0 Å². The van der Waals surface area contributed by atoms with E-state index < -0.39 is 0 Å². The number of anilines is 1. The highest BCUT2D eigenvalue weighted by Crippen LogP contribution is 2.43. The molecule has 4 heteroatoms. The third kappa shape index (κ3) is 6.67. The fraction of sp³-hybridized carbons (Fsp3) is 0.680. The van der Waals surface area contributed by atoms with Crippen LogP contribution in [0.4, 0.5) is 5.69 Å². The number of aliphatic hydroxyl groups is 1. The molecule has 0 fully saturated rings. The quantitative estimate of drug-likeness (QED) is 0.445. The van der Waals surface area contributed by atoms with Gasteiger partial charge in [-0.2, -0.15) is 0 Å². The Labute approximate surface area is 179 Å². The minimum atomic E-state index is -0.325. The molecule has 0 radical (unpaired) electrons. The van der Waals surface area contributed by atoms with Crippen LogP contribution in [0.25, 0.3) is 0 Å². The van der Waals surface area contributed by atoms with Gasteiger partial charge in [0.1, 0.15) is 11.4 Å². The lowest BCUT2D eigenvalue weighted by molar-refractivity contribution is 0.249. The van der Waals surface area contributed by atoms with Crippen LogP contribution < -0.4 is 15.4 Å². The van der Waals surface area contributed by atoms with Crippen molar-refractivity contribution in [2.24, 2.45) is 5.92 Å². The molecule has 0 saturated heterocycles. The standard InChI is InChI=1S/C25H44N2O2/c1-12-21(17(2)3)27-25(9,10)26-18-15-19(23(4,5)6)22(29-11)20(16-18)24(7,8)13-14-28/h12,15-17,26-28H,13-14H2,1-11H3/b21-12+. The van der Waals surface area contributed by atoms with Gasteiger partial charge in [-0.3, -0.25) is 0 Å². The summed E-state index contributed by atoms with van der Waals surface area (Å²) in [5.74, 6) is 1.35. The predicted molar refractivity (Wildman–Crippen MR) is 126 cm³/mol. The first kappa shape index (κ1) is 25.4. The molecule has 0 aliphatic heterocycles. The average Bonchev–Trinajstić information content (AvgIpc) is 2.57. The van der Waals surface area contributed by atoms with E-state index in [2.05, 4.69) is 98.1 Å². The van der Waals surface area contributed by atoms with Crippen LogP contribution in [0.3, 0.4) is 0 Å². The lowest BCUT2D eigenvalue weighted by atomic mass is 9.76. The van der Waals surface area contributed by atoms with Crippen molar-refractivity contribution >= 4 is 5.69 Å². The van der Waals surface area contributed by atoms with Gasteiger partial charge in [0.15, 0.2) is 0 Å². The Bertz CT molecular complexity index is 710. The third-order valence-corrected chi connectivity index (χ3v) is 5.41. The molecule has 29 heavy (non-hydrogen) atoms. The second kappa shape index (κ2) is 9.42. The Hall–Kier alpha value is -1.68. The van der Waals surface area contributed by atoms with Crippen molar-refractivity contribution in [2.75, 3.05) is 19.0 Å². The van der Waals surface area contributed by atoms with Gasteiger partial charge in [0.2, 0.25) is 0 Å². The summed E-state index contributed by atoms with van der Waals surface area (Å²) < 4.78 is 5.90. The van der Waals surface area contributed by atoms with Gasteiger partial charge in [-0.25, -0.2) is 0 Å². The van der Waals surface area contributed by atoms with Crippen LogP contribution >= 0.6 is 0 Å². The zero-order valence-corrected chi connectivity index (χ0v) is 20.6. The number of rotatable bonds is 9. The van der Waals surface area contributed by atoms with Crippen molar-refractivity contribution in [3.63, 3.8) is 0 Å². The molecule has 0 unspecified atom stereocenters.